The van der Waals surface area contributed by atoms with Gasteiger partial charge in [-0.15, -0.1) is 10.2 Å². The number of hydrogen-bond acceptors (Lipinski definition) is 8. The van der Waals surface area contributed by atoms with Crippen LogP contribution in [0.5, 0.6) is 5.75 Å². The van der Waals surface area contributed by atoms with E-state index in [1.54, 1.807) is 11.9 Å². The molecule has 4 aromatic rings. The number of ether oxygens (including phenoxy) is 1. The molecule has 0 aliphatic rings. The van der Waals surface area contributed by atoms with Crippen LogP contribution in [0.2, 0.25) is 0 Å². The van der Waals surface area contributed by atoms with Crippen molar-refractivity contribution in [3.63, 3.8) is 0 Å². The Bertz CT molecular complexity index is 1290. The molecule has 2 heterocycles. The van der Waals surface area contributed by atoms with E-state index in [2.05, 4.69) is 20.6 Å². The summed E-state index contributed by atoms with van der Waals surface area (Å²) in [7, 11) is 3.13. The van der Waals surface area contributed by atoms with E-state index in [-0.39, 0.29) is 34.1 Å². The van der Waals surface area contributed by atoms with Crippen molar-refractivity contribution < 1.29 is 18.7 Å². The van der Waals surface area contributed by atoms with E-state index in [4.69, 9.17) is 4.74 Å². The van der Waals surface area contributed by atoms with Gasteiger partial charge >= 0.3 is 0 Å². The number of hydrogen-bond donors (Lipinski definition) is 1. The van der Waals surface area contributed by atoms with E-state index in [1.165, 1.54) is 54.0 Å². The summed E-state index contributed by atoms with van der Waals surface area (Å²) in [6, 6.07) is 15.0. The van der Waals surface area contributed by atoms with Crippen LogP contribution in [0.3, 0.4) is 0 Å². The van der Waals surface area contributed by atoms with Gasteiger partial charge in [-0.05, 0) is 36.4 Å². The zero-order chi connectivity index (χ0) is 24.1. The van der Waals surface area contributed by atoms with Crippen LogP contribution < -0.4 is 15.0 Å². The molecule has 0 atom stereocenters. The van der Waals surface area contributed by atoms with E-state index in [0.717, 1.165) is 17.0 Å². The average molecular weight is 499 g/mol. The number of thioether (sulfide) groups is 1. The molecule has 2 aromatic heterocycles. The Morgan fingerprint density at radius 1 is 1.15 bits per heavy atom. The third-order valence-corrected chi connectivity index (χ3v) is 6.63. The molecule has 0 aliphatic carbocycles. The largest absolute Gasteiger partial charge is 0.493 e. The van der Waals surface area contributed by atoms with Crippen molar-refractivity contribution in [2.75, 3.05) is 30.1 Å². The lowest BCUT2D eigenvalue weighted by Crippen LogP contribution is -2.27. The number of methoxy groups -OCH3 is 1. The van der Waals surface area contributed by atoms with Crippen LogP contribution in [0.1, 0.15) is 10.5 Å². The van der Waals surface area contributed by atoms with E-state index >= 15 is 0 Å². The number of aromatic nitrogens is 4. The number of nitrogens with zero attached hydrogens (tertiary/aromatic N) is 5. The van der Waals surface area contributed by atoms with E-state index < -0.39 is 5.91 Å². The molecule has 2 aromatic carbocycles. The lowest BCUT2D eigenvalue weighted by Gasteiger charge is -2.16. The Morgan fingerprint density at radius 2 is 1.88 bits per heavy atom. The third-order valence-electron chi connectivity index (χ3n) is 4.67. The van der Waals surface area contributed by atoms with Gasteiger partial charge in [0.05, 0.1) is 24.7 Å². The summed E-state index contributed by atoms with van der Waals surface area (Å²) in [5.41, 5.74) is 1.40. The highest BCUT2D eigenvalue weighted by Gasteiger charge is 2.20. The van der Waals surface area contributed by atoms with Gasteiger partial charge in [0.2, 0.25) is 11.0 Å². The number of para-hydroxylation sites is 1. The number of rotatable bonds is 8. The van der Waals surface area contributed by atoms with E-state index in [1.807, 2.05) is 30.3 Å². The minimum Gasteiger partial charge on any atom is -0.493 e. The van der Waals surface area contributed by atoms with Gasteiger partial charge in [-0.25, -0.2) is 9.07 Å². The molecular formula is C22H19FN6O3S2. The normalized spacial score (nSPS) is 10.7. The molecule has 0 saturated heterocycles. The van der Waals surface area contributed by atoms with Crippen LogP contribution in [0.4, 0.5) is 15.2 Å². The Balaban J connectivity index is 1.38. The van der Waals surface area contributed by atoms with Gasteiger partial charge in [-0.3, -0.25) is 14.9 Å². The van der Waals surface area contributed by atoms with Gasteiger partial charge in [-0.2, -0.15) is 5.10 Å². The van der Waals surface area contributed by atoms with Crippen molar-refractivity contribution >= 4 is 45.7 Å². The van der Waals surface area contributed by atoms with Crippen molar-refractivity contribution in [2.24, 2.45) is 0 Å². The number of nitrogens with one attached hydrogen (secondary N) is 1. The molecule has 4 rings (SSSR count). The molecule has 34 heavy (non-hydrogen) atoms. The predicted octanol–water partition coefficient (Wildman–Crippen LogP) is 3.88. The van der Waals surface area contributed by atoms with E-state index in [9.17, 15) is 14.0 Å². The highest BCUT2D eigenvalue weighted by atomic mass is 32.2. The van der Waals surface area contributed by atoms with Crippen molar-refractivity contribution in [1.29, 1.82) is 0 Å². The van der Waals surface area contributed by atoms with Crippen LogP contribution in [0, 0.1) is 5.82 Å². The first-order valence-corrected chi connectivity index (χ1v) is 11.7. The maximum atomic E-state index is 13.2. The zero-order valence-electron chi connectivity index (χ0n) is 18.1. The minimum atomic E-state index is -0.537. The van der Waals surface area contributed by atoms with Crippen LogP contribution in [-0.2, 0) is 4.79 Å². The fourth-order valence-electron chi connectivity index (χ4n) is 2.88. The molecule has 0 bridgehead atoms. The monoisotopic (exact) mass is 498 g/mol. The first-order chi connectivity index (χ1) is 16.4. The topological polar surface area (TPSA) is 102 Å². The molecule has 9 nitrogen and oxygen atoms in total. The fourth-order valence-corrected chi connectivity index (χ4v) is 4.54. The van der Waals surface area contributed by atoms with Crippen molar-refractivity contribution in [3.8, 4) is 11.4 Å². The van der Waals surface area contributed by atoms with Gasteiger partial charge in [0.1, 0.15) is 5.82 Å². The lowest BCUT2D eigenvalue weighted by molar-refractivity contribution is -0.115. The molecule has 12 heteroatoms. The summed E-state index contributed by atoms with van der Waals surface area (Å²) in [5.74, 6) is -0.586. The molecule has 1 N–H and O–H groups in total. The maximum absolute atomic E-state index is 13.2. The van der Waals surface area contributed by atoms with Crippen molar-refractivity contribution in [3.05, 3.63) is 72.3 Å². The quantitative estimate of drug-likeness (QED) is 0.291. The summed E-state index contributed by atoms with van der Waals surface area (Å²) in [5, 5.41) is 15.1. The minimum absolute atomic E-state index is 0.0379. The molecule has 0 saturated carbocycles. The average Bonchev–Trinajstić information content (AvgIpc) is 3.50. The molecule has 174 valence electrons. The number of carbonyl (C=O) groups excluding carboxylic acids is 2. The standard InChI is InChI=1S/C22H19FN6O3S2/c1-28(15-6-4-3-5-7-15)18(30)13-33-22-26-25-21(34-22)24-20(31)19-17(32-2)12-29(27-19)16-10-8-14(23)9-11-16/h3-12H,13H2,1-2H3,(H,24,25,31). The van der Waals surface area contributed by atoms with Gasteiger partial charge in [-0.1, -0.05) is 41.3 Å². The maximum Gasteiger partial charge on any atom is 0.281 e. The summed E-state index contributed by atoms with van der Waals surface area (Å²) < 4.78 is 20.4. The predicted molar refractivity (Wildman–Crippen MR) is 129 cm³/mol. The number of carbonyl (C=O) groups is 2. The fraction of sp³-hybridized carbons (Fsp3) is 0.136. The van der Waals surface area contributed by atoms with Crippen LogP contribution >= 0.6 is 23.1 Å². The SMILES string of the molecule is COc1cn(-c2ccc(F)cc2)nc1C(=O)Nc1nnc(SCC(=O)N(C)c2ccccc2)s1. The molecule has 2 amide bonds. The molecule has 0 aliphatic heterocycles. The third kappa shape index (κ3) is 5.41. The van der Waals surface area contributed by atoms with Crippen LogP contribution in [-0.4, -0.2) is 51.7 Å². The second kappa shape index (κ2) is 10.4. The van der Waals surface area contributed by atoms with Crippen molar-refractivity contribution in [2.45, 2.75) is 4.34 Å². The molecule has 0 unspecified atom stereocenters. The van der Waals surface area contributed by atoms with Gasteiger partial charge in [0.25, 0.3) is 5.91 Å². The Labute approximate surface area is 202 Å². The zero-order valence-corrected chi connectivity index (χ0v) is 19.8. The summed E-state index contributed by atoms with van der Waals surface area (Å²) in [6.45, 7) is 0. The molecule has 0 fully saturated rings. The second-order valence-corrected chi connectivity index (χ2v) is 9.07. The highest BCUT2D eigenvalue weighted by Crippen LogP contribution is 2.27. The lowest BCUT2D eigenvalue weighted by atomic mass is 10.3. The van der Waals surface area contributed by atoms with Crippen LogP contribution in [0.15, 0.2) is 65.1 Å². The summed E-state index contributed by atoms with van der Waals surface area (Å²) in [6.07, 6.45) is 1.53. The van der Waals surface area contributed by atoms with Gasteiger partial charge < -0.3 is 9.64 Å². The molecule has 0 spiro atoms. The Hall–Kier alpha value is -3.77. The number of amides is 2. The Morgan fingerprint density at radius 3 is 2.59 bits per heavy atom. The molecular weight excluding hydrogens is 479 g/mol. The highest BCUT2D eigenvalue weighted by molar-refractivity contribution is 8.01. The molecule has 0 radical (unpaired) electrons. The Kier molecular flexibility index (Phi) is 7.18. The van der Waals surface area contributed by atoms with Gasteiger partial charge in [0, 0.05) is 12.7 Å². The van der Waals surface area contributed by atoms with Crippen LogP contribution in [0.25, 0.3) is 5.69 Å². The number of benzene rings is 2. The van der Waals surface area contributed by atoms with Gasteiger partial charge in [0.15, 0.2) is 15.8 Å². The smallest absolute Gasteiger partial charge is 0.281 e. The van der Waals surface area contributed by atoms with Crippen molar-refractivity contribution in [1.82, 2.24) is 20.0 Å². The summed E-state index contributed by atoms with van der Waals surface area (Å²) >= 11 is 2.38. The summed E-state index contributed by atoms with van der Waals surface area (Å²) in [4.78, 5) is 26.8. The van der Waals surface area contributed by atoms with E-state index in [0.29, 0.717) is 10.0 Å². The first kappa shape index (κ1) is 23.4. The number of halogens is 1. The first-order valence-electron chi connectivity index (χ1n) is 9.93. The second-order valence-electron chi connectivity index (χ2n) is 6.87. The number of anilines is 2.